The van der Waals surface area contributed by atoms with E-state index in [-0.39, 0.29) is 11.8 Å². The first-order valence-corrected chi connectivity index (χ1v) is 10.2. The Morgan fingerprint density at radius 1 is 0.724 bits per heavy atom. The van der Waals surface area contributed by atoms with Crippen LogP contribution in [-0.4, -0.2) is 60.0 Å². The first-order valence-electron chi connectivity index (χ1n) is 9.41. The van der Waals surface area contributed by atoms with E-state index in [2.05, 4.69) is 0 Å². The predicted octanol–water partition coefficient (Wildman–Crippen LogP) is 3.92. The highest BCUT2D eigenvalue weighted by Gasteiger charge is 2.48. The summed E-state index contributed by atoms with van der Waals surface area (Å²) in [4.78, 5) is 27.4. The zero-order valence-electron chi connectivity index (χ0n) is 15.6. The summed E-state index contributed by atoms with van der Waals surface area (Å²) in [5, 5.41) is 1.31. The highest BCUT2D eigenvalue weighted by Crippen LogP contribution is 2.31. The number of likely N-dealkylation sites (tertiary alicyclic amines) is 1. The first-order chi connectivity index (χ1) is 14.0. The summed E-state index contributed by atoms with van der Waals surface area (Å²) in [7, 11) is 0. The minimum atomic E-state index is 0.0617. The zero-order chi connectivity index (χ0) is 20.4. The fourth-order valence-corrected chi connectivity index (χ4v) is 3.62. The molecule has 7 heteroatoms. The van der Waals surface area contributed by atoms with Crippen molar-refractivity contribution in [2.45, 2.75) is 12.2 Å². The molecule has 0 aromatic heterocycles. The van der Waals surface area contributed by atoms with Crippen LogP contribution < -0.4 is 0 Å². The van der Waals surface area contributed by atoms with Crippen LogP contribution in [0.5, 0.6) is 0 Å². The third kappa shape index (κ3) is 4.81. The Labute approximate surface area is 179 Å². The number of epoxide rings is 1. The highest BCUT2D eigenvalue weighted by atomic mass is 35.5. The number of morpholine rings is 1. The topological polar surface area (TPSA) is 53.2 Å². The lowest BCUT2D eigenvalue weighted by Gasteiger charge is -2.17. The SMILES string of the molecule is O=C(c1ccc(Cl)cc1)N1CC2OC2C1.O=C(c1ccc(Cl)cc1)N1CC=CC1. The number of carbonyl (C=O) groups is 2. The largest absolute Gasteiger partial charge is 0.366 e. The summed E-state index contributed by atoms with van der Waals surface area (Å²) < 4.78 is 5.27. The van der Waals surface area contributed by atoms with E-state index in [1.54, 1.807) is 53.4 Å². The third-order valence-electron chi connectivity index (χ3n) is 5.06. The highest BCUT2D eigenvalue weighted by molar-refractivity contribution is 6.31. The number of nitrogens with zero attached hydrogens (tertiary/aromatic N) is 2. The Bertz CT molecular complexity index is 910. The number of rotatable bonds is 2. The van der Waals surface area contributed by atoms with Crippen molar-refractivity contribution in [2.24, 2.45) is 0 Å². The molecule has 2 unspecified atom stereocenters. The lowest BCUT2D eigenvalue weighted by molar-refractivity contribution is 0.0730. The predicted molar refractivity (Wildman–Crippen MR) is 113 cm³/mol. The van der Waals surface area contributed by atoms with Crippen LogP contribution in [0.1, 0.15) is 20.7 Å². The van der Waals surface area contributed by atoms with E-state index >= 15 is 0 Å². The van der Waals surface area contributed by atoms with Gasteiger partial charge in [0, 0.05) is 47.4 Å². The van der Waals surface area contributed by atoms with Gasteiger partial charge in [-0.25, -0.2) is 0 Å². The van der Waals surface area contributed by atoms with E-state index in [1.807, 2.05) is 17.1 Å². The van der Waals surface area contributed by atoms with Gasteiger partial charge in [0.25, 0.3) is 11.8 Å². The minimum Gasteiger partial charge on any atom is -0.366 e. The van der Waals surface area contributed by atoms with Crippen molar-refractivity contribution in [3.8, 4) is 0 Å². The summed E-state index contributed by atoms with van der Waals surface area (Å²) in [5.41, 5.74) is 1.39. The number of halogens is 2. The van der Waals surface area contributed by atoms with Gasteiger partial charge in [0.1, 0.15) is 12.2 Å². The van der Waals surface area contributed by atoms with E-state index in [9.17, 15) is 9.59 Å². The van der Waals surface area contributed by atoms with Crippen LogP contribution in [0, 0.1) is 0 Å². The van der Waals surface area contributed by atoms with Crippen molar-refractivity contribution in [3.05, 3.63) is 81.9 Å². The molecule has 0 saturated carbocycles. The summed E-state index contributed by atoms with van der Waals surface area (Å²) in [6.45, 7) is 2.88. The van der Waals surface area contributed by atoms with E-state index in [0.717, 1.165) is 13.1 Å². The Morgan fingerprint density at radius 3 is 1.59 bits per heavy atom. The molecule has 2 fully saturated rings. The van der Waals surface area contributed by atoms with Gasteiger partial charge < -0.3 is 14.5 Å². The number of ether oxygens (including phenoxy) is 1. The quantitative estimate of drug-likeness (QED) is 0.535. The van der Waals surface area contributed by atoms with Crippen molar-refractivity contribution in [2.75, 3.05) is 26.2 Å². The van der Waals surface area contributed by atoms with Gasteiger partial charge in [-0.1, -0.05) is 35.4 Å². The van der Waals surface area contributed by atoms with Gasteiger partial charge in [-0.3, -0.25) is 9.59 Å². The molecule has 150 valence electrons. The molecule has 5 rings (SSSR count). The lowest BCUT2D eigenvalue weighted by Crippen LogP contribution is -2.31. The Morgan fingerprint density at radius 2 is 1.14 bits per heavy atom. The maximum Gasteiger partial charge on any atom is 0.254 e. The number of fused-ring (bicyclic) bond motifs is 1. The molecule has 29 heavy (non-hydrogen) atoms. The number of carbonyl (C=O) groups excluding carboxylic acids is 2. The molecule has 0 spiro atoms. The molecule has 0 bridgehead atoms. The molecule has 3 heterocycles. The monoisotopic (exact) mass is 430 g/mol. The van der Waals surface area contributed by atoms with Crippen LogP contribution >= 0.6 is 23.2 Å². The number of amides is 2. The van der Waals surface area contributed by atoms with Gasteiger partial charge >= 0.3 is 0 Å². The van der Waals surface area contributed by atoms with Crippen molar-refractivity contribution >= 4 is 35.0 Å². The molecule has 2 saturated heterocycles. The maximum atomic E-state index is 12.0. The molecular formula is C22H20Cl2N2O3. The average Bonchev–Trinajstić information content (AvgIpc) is 3.13. The molecule has 2 atom stereocenters. The molecule has 3 aliphatic rings. The fraction of sp³-hybridized carbons (Fsp3) is 0.273. The van der Waals surface area contributed by atoms with Crippen molar-refractivity contribution in [1.29, 1.82) is 0 Å². The molecule has 0 aliphatic carbocycles. The second kappa shape index (κ2) is 8.57. The summed E-state index contributed by atoms with van der Waals surface area (Å²) in [5.74, 6) is 0.133. The smallest absolute Gasteiger partial charge is 0.254 e. The Kier molecular flexibility index (Phi) is 5.90. The normalized spacial score (nSPS) is 21.4. The molecule has 5 nitrogen and oxygen atoms in total. The summed E-state index contributed by atoms with van der Waals surface area (Å²) in [6.07, 6.45) is 4.57. The summed E-state index contributed by atoms with van der Waals surface area (Å²) >= 11 is 11.5. The second-order valence-corrected chi connectivity index (χ2v) is 7.99. The fourth-order valence-electron chi connectivity index (χ4n) is 3.37. The first kappa shape index (κ1) is 20.0. The third-order valence-corrected chi connectivity index (χ3v) is 5.57. The van der Waals surface area contributed by atoms with E-state index in [0.29, 0.717) is 46.5 Å². The van der Waals surface area contributed by atoms with Crippen LogP contribution in [0.3, 0.4) is 0 Å². The molecular weight excluding hydrogens is 411 g/mol. The molecule has 2 aromatic rings. The molecule has 3 aliphatic heterocycles. The zero-order valence-corrected chi connectivity index (χ0v) is 17.1. The minimum absolute atomic E-state index is 0.0617. The van der Waals surface area contributed by atoms with Gasteiger partial charge in [-0.15, -0.1) is 0 Å². The van der Waals surface area contributed by atoms with Crippen molar-refractivity contribution in [3.63, 3.8) is 0 Å². The number of hydrogen-bond acceptors (Lipinski definition) is 3. The van der Waals surface area contributed by atoms with E-state index in [1.165, 1.54) is 0 Å². The van der Waals surface area contributed by atoms with Crippen LogP contribution in [0.15, 0.2) is 60.7 Å². The number of hydrogen-bond donors (Lipinski definition) is 0. The van der Waals surface area contributed by atoms with Crippen LogP contribution in [0.25, 0.3) is 0 Å². The van der Waals surface area contributed by atoms with Crippen molar-refractivity contribution in [1.82, 2.24) is 9.80 Å². The summed E-state index contributed by atoms with van der Waals surface area (Å²) in [6, 6.07) is 14.0. The Balaban J connectivity index is 0.000000142. The molecule has 0 radical (unpaired) electrons. The average molecular weight is 431 g/mol. The second-order valence-electron chi connectivity index (χ2n) is 7.12. The van der Waals surface area contributed by atoms with Gasteiger partial charge in [0.2, 0.25) is 0 Å². The van der Waals surface area contributed by atoms with Gasteiger partial charge in [0.05, 0.1) is 0 Å². The molecule has 0 N–H and O–H groups in total. The molecule has 2 aromatic carbocycles. The Hall–Kier alpha value is -2.34. The van der Waals surface area contributed by atoms with Gasteiger partial charge in [-0.2, -0.15) is 0 Å². The van der Waals surface area contributed by atoms with E-state index < -0.39 is 0 Å². The van der Waals surface area contributed by atoms with Crippen LogP contribution in [0.2, 0.25) is 10.0 Å². The van der Waals surface area contributed by atoms with Crippen LogP contribution in [-0.2, 0) is 4.74 Å². The van der Waals surface area contributed by atoms with Gasteiger partial charge in [0.15, 0.2) is 0 Å². The standard InChI is InChI=1S/C11H10ClNO2.C11H10ClNO/c12-8-3-1-7(2-4-8)11(14)13-5-9-10(6-13)15-9;12-10-5-3-9(4-6-10)11(14)13-7-1-2-8-13/h1-4,9-10H,5-6H2;1-6H,7-8H2. The number of benzene rings is 2. The lowest BCUT2D eigenvalue weighted by atomic mass is 10.2. The molecule has 2 amide bonds. The van der Waals surface area contributed by atoms with Crippen LogP contribution in [0.4, 0.5) is 0 Å². The van der Waals surface area contributed by atoms with Crippen molar-refractivity contribution < 1.29 is 14.3 Å². The van der Waals surface area contributed by atoms with E-state index in [4.69, 9.17) is 27.9 Å². The maximum absolute atomic E-state index is 12.0. The van der Waals surface area contributed by atoms with Gasteiger partial charge in [-0.05, 0) is 48.5 Å².